The molecule has 1 heterocycles. The zero-order valence-electron chi connectivity index (χ0n) is 17.2. The standard InChI is InChI=1S/C25H26FNO4/c26-22-9-6-19(7-10-22)13-27(14-21-8-11-24-25(12-21)31-18-30-24)15-23(28)17-29-16-20-4-2-1-3-5-20/h1-12,23,28H,13-18H2. The predicted molar refractivity (Wildman–Crippen MR) is 115 cm³/mol. The fraction of sp³-hybridized carbons (Fsp3) is 0.280. The summed E-state index contributed by atoms with van der Waals surface area (Å²) in [6.07, 6.45) is -0.654. The summed E-state index contributed by atoms with van der Waals surface area (Å²) in [5.74, 6) is 1.20. The second kappa shape index (κ2) is 10.4. The number of hydrogen-bond acceptors (Lipinski definition) is 5. The molecule has 0 aromatic heterocycles. The van der Waals surface area contributed by atoms with Crippen LogP contribution in [0.2, 0.25) is 0 Å². The molecule has 4 rings (SSSR count). The lowest BCUT2D eigenvalue weighted by atomic mass is 10.1. The molecule has 6 heteroatoms. The van der Waals surface area contributed by atoms with Gasteiger partial charge in [-0.25, -0.2) is 4.39 Å². The van der Waals surface area contributed by atoms with E-state index >= 15 is 0 Å². The summed E-state index contributed by atoms with van der Waals surface area (Å²) in [5, 5.41) is 10.6. The second-order valence-electron chi connectivity index (χ2n) is 7.64. The average Bonchev–Trinajstić information content (AvgIpc) is 3.24. The molecular weight excluding hydrogens is 397 g/mol. The van der Waals surface area contributed by atoms with Gasteiger partial charge in [-0.15, -0.1) is 0 Å². The molecule has 0 radical (unpaired) electrons. The van der Waals surface area contributed by atoms with Crippen molar-refractivity contribution in [2.45, 2.75) is 25.8 Å². The Labute approximate surface area is 181 Å². The van der Waals surface area contributed by atoms with Crippen molar-refractivity contribution in [3.05, 3.63) is 95.3 Å². The van der Waals surface area contributed by atoms with Gasteiger partial charge in [0.15, 0.2) is 11.5 Å². The van der Waals surface area contributed by atoms with Gasteiger partial charge >= 0.3 is 0 Å². The van der Waals surface area contributed by atoms with Crippen molar-refractivity contribution in [1.82, 2.24) is 4.90 Å². The van der Waals surface area contributed by atoms with Crippen LogP contribution in [-0.2, 0) is 24.4 Å². The van der Waals surface area contributed by atoms with E-state index in [1.165, 1.54) is 12.1 Å². The normalized spacial score (nSPS) is 13.5. The van der Waals surface area contributed by atoms with Gasteiger partial charge in [-0.05, 0) is 41.0 Å². The van der Waals surface area contributed by atoms with Gasteiger partial charge < -0.3 is 19.3 Å². The fourth-order valence-corrected chi connectivity index (χ4v) is 3.57. The van der Waals surface area contributed by atoms with Crippen LogP contribution in [0.3, 0.4) is 0 Å². The van der Waals surface area contributed by atoms with E-state index in [1.807, 2.05) is 48.5 Å². The molecule has 1 N–H and O–H groups in total. The van der Waals surface area contributed by atoms with E-state index in [9.17, 15) is 9.50 Å². The molecule has 0 amide bonds. The minimum Gasteiger partial charge on any atom is -0.454 e. The Morgan fingerprint density at radius 3 is 2.39 bits per heavy atom. The molecule has 5 nitrogen and oxygen atoms in total. The van der Waals surface area contributed by atoms with Crippen LogP contribution in [0.15, 0.2) is 72.8 Å². The number of hydrogen-bond donors (Lipinski definition) is 1. The van der Waals surface area contributed by atoms with Gasteiger partial charge in [-0.2, -0.15) is 0 Å². The van der Waals surface area contributed by atoms with Crippen LogP contribution in [-0.4, -0.2) is 36.1 Å². The molecule has 1 aliphatic heterocycles. The molecule has 0 bridgehead atoms. The summed E-state index contributed by atoms with van der Waals surface area (Å²) >= 11 is 0. The third-order valence-corrected chi connectivity index (χ3v) is 5.05. The Kier molecular flexibility index (Phi) is 7.14. The Hall–Kier alpha value is -2.93. The highest BCUT2D eigenvalue weighted by atomic mass is 19.1. The maximum Gasteiger partial charge on any atom is 0.231 e. The maximum absolute atomic E-state index is 13.3. The van der Waals surface area contributed by atoms with Crippen molar-refractivity contribution in [3.63, 3.8) is 0 Å². The molecule has 0 fully saturated rings. The summed E-state index contributed by atoms with van der Waals surface area (Å²) in [6, 6.07) is 22.1. The van der Waals surface area contributed by atoms with Crippen molar-refractivity contribution in [2.24, 2.45) is 0 Å². The number of rotatable bonds is 10. The van der Waals surface area contributed by atoms with Crippen LogP contribution < -0.4 is 9.47 Å². The van der Waals surface area contributed by atoms with Crippen molar-refractivity contribution >= 4 is 0 Å². The number of ether oxygens (including phenoxy) is 3. The third kappa shape index (κ3) is 6.28. The molecule has 0 saturated carbocycles. The van der Waals surface area contributed by atoms with E-state index in [-0.39, 0.29) is 19.2 Å². The topological polar surface area (TPSA) is 51.2 Å². The Morgan fingerprint density at radius 1 is 0.871 bits per heavy atom. The first-order valence-corrected chi connectivity index (χ1v) is 10.3. The number of benzene rings is 3. The van der Waals surface area contributed by atoms with Gasteiger partial charge in [0, 0.05) is 19.6 Å². The zero-order chi connectivity index (χ0) is 21.5. The first-order chi connectivity index (χ1) is 15.2. The predicted octanol–water partition coefficient (Wildman–Crippen LogP) is 4.13. The molecule has 3 aromatic rings. The van der Waals surface area contributed by atoms with Gasteiger partial charge in [-0.1, -0.05) is 48.5 Å². The number of halogens is 1. The minimum absolute atomic E-state index is 0.232. The monoisotopic (exact) mass is 423 g/mol. The van der Waals surface area contributed by atoms with Crippen LogP contribution in [0.5, 0.6) is 11.5 Å². The molecule has 1 atom stereocenters. The van der Waals surface area contributed by atoms with Crippen LogP contribution in [0, 0.1) is 5.82 Å². The van der Waals surface area contributed by atoms with Crippen molar-refractivity contribution in [2.75, 3.05) is 19.9 Å². The quantitative estimate of drug-likeness (QED) is 0.531. The van der Waals surface area contributed by atoms with Gasteiger partial charge in [-0.3, -0.25) is 4.90 Å². The lowest BCUT2D eigenvalue weighted by Crippen LogP contribution is -2.34. The summed E-state index contributed by atoms with van der Waals surface area (Å²) in [5.41, 5.74) is 3.08. The lowest BCUT2D eigenvalue weighted by Gasteiger charge is -2.25. The Morgan fingerprint density at radius 2 is 1.58 bits per heavy atom. The molecule has 0 saturated heterocycles. The van der Waals surface area contributed by atoms with Crippen molar-refractivity contribution in [3.8, 4) is 11.5 Å². The lowest BCUT2D eigenvalue weighted by molar-refractivity contribution is 0.00712. The van der Waals surface area contributed by atoms with Gasteiger partial charge in [0.1, 0.15) is 5.82 Å². The number of aliphatic hydroxyl groups is 1. The van der Waals surface area contributed by atoms with E-state index in [0.29, 0.717) is 26.2 Å². The molecule has 162 valence electrons. The Balaban J connectivity index is 1.38. The molecule has 0 spiro atoms. The van der Waals surface area contributed by atoms with Gasteiger partial charge in [0.2, 0.25) is 6.79 Å². The fourth-order valence-electron chi connectivity index (χ4n) is 3.57. The maximum atomic E-state index is 13.3. The highest BCUT2D eigenvalue weighted by molar-refractivity contribution is 5.44. The molecule has 0 aliphatic carbocycles. The van der Waals surface area contributed by atoms with Crippen molar-refractivity contribution < 1.29 is 23.7 Å². The number of aliphatic hydroxyl groups excluding tert-OH is 1. The van der Waals surface area contributed by atoms with Gasteiger partial charge in [0.25, 0.3) is 0 Å². The summed E-state index contributed by atoms with van der Waals surface area (Å²) < 4.78 is 29.8. The second-order valence-corrected chi connectivity index (χ2v) is 7.64. The van der Waals surface area contributed by atoms with Crippen LogP contribution in [0.1, 0.15) is 16.7 Å². The smallest absolute Gasteiger partial charge is 0.231 e. The van der Waals surface area contributed by atoms with E-state index in [1.54, 1.807) is 12.1 Å². The number of nitrogens with zero attached hydrogens (tertiary/aromatic N) is 1. The van der Waals surface area contributed by atoms with E-state index < -0.39 is 6.10 Å². The minimum atomic E-state index is -0.654. The first-order valence-electron chi connectivity index (χ1n) is 10.3. The largest absolute Gasteiger partial charge is 0.454 e. The van der Waals surface area contributed by atoms with E-state index in [2.05, 4.69) is 4.90 Å². The Bertz CT molecular complexity index is 965. The highest BCUT2D eigenvalue weighted by Crippen LogP contribution is 2.33. The van der Waals surface area contributed by atoms with Crippen LogP contribution >= 0.6 is 0 Å². The first kappa shape index (κ1) is 21.3. The van der Waals surface area contributed by atoms with Crippen LogP contribution in [0.25, 0.3) is 0 Å². The summed E-state index contributed by atoms with van der Waals surface area (Å²) in [4.78, 5) is 2.11. The molecular formula is C25H26FNO4. The summed E-state index contributed by atoms with van der Waals surface area (Å²) in [7, 11) is 0. The summed E-state index contributed by atoms with van der Waals surface area (Å²) in [6.45, 7) is 2.51. The number of fused-ring (bicyclic) bond motifs is 1. The zero-order valence-corrected chi connectivity index (χ0v) is 17.2. The molecule has 1 unspecified atom stereocenters. The van der Waals surface area contributed by atoms with Gasteiger partial charge in [0.05, 0.1) is 19.3 Å². The highest BCUT2D eigenvalue weighted by Gasteiger charge is 2.17. The van der Waals surface area contributed by atoms with Crippen molar-refractivity contribution in [1.29, 1.82) is 0 Å². The molecule has 1 aliphatic rings. The van der Waals surface area contributed by atoms with E-state index in [4.69, 9.17) is 14.2 Å². The SMILES string of the molecule is OC(COCc1ccccc1)CN(Cc1ccc(F)cc1)Cc1ccc2c(c1)OCO2. The van der Waals surface area contributed by atoms with Crippen LogP contribution in [0.4, 0.5) is 4.39 Å². The molecule has 3 aromatic carbocycles. The average molecular weight is 423 g/mol. The van der Waals surface area contributed by atoms with E-state index in [0.717, 1.165) is 28.2 Å². The third-order valence-electron chi connectivity index (χ3n) is 5.05. The molecule has 31 heavy (non-hydrogen) atoms.